The van der Waals surface area contributed by atoms with Gasteiger partial charge in [-0.2, -0.15) is 5.11 Å². The Morgan fingerprint density at radius 2 is 1.83 bits per heavy atom. The van der Waals surface area contributed by atoms with Crippen LogP contribution in [0.25, 0.3) is 0 Å². The second kappa shape index (κ2) is 12.0. The molecule has 2 unspecified atom stereocenters. The molecule has 2 aliphatic rings. The molecule has 0 saturated carbocycles. The Balaban J connectivity index is 1.18. The number of rotatable bonds is 11. The van der Waals surface area contributed by atoms with Gasteiger partial charge in [-0.05, 0) is 81.1 Å². The smallest absolute Gasteiger partial charge is 0.105 e. The first-order valence-electron chi connectivity index (χ1n) is 12.9. The summed E-state index contributed by atoms with van der Waals surface area (Å²) in [4.78, 5) is 11.8. The van der Waals surface area contributed by atoms with Gasteiger partial charge in [0.2, 0.25) is 0 Å². The van der Waals surface area contributed by atoms with Crippen LogP contribution in [-0.4, -0.2) is 47.1 Å². The standard InChI is InChI=1S/C28H35N7/c1-2-13-26(14-3-1)35-22-25(32-33-35)21-34(27-15-8-10-23-11-9-18-31-28(23)27)19-7-6-16-29-20-24-12-4-5-17-30-24/h1-5,9,11-14,17-18,25,27,29H,6-8,10,15-16,19-22H2. The summed E-state index contributed by atoms with van der Waals surface area (Å²) in [6, 6.07) is 21.3. The molecule has 1 aliphatic carbocycles. The Hall–Kier alpha value is -3.16. The van der Waals surface area contributed by atoms with Gasteiger partial charge in [0.1, 0.15) is 6.04 Å². The number of aromatic nitrogens is 2. The highest BCUT2D eigenvalue weighted by Gasteiger charge is 2.30. The van der Waals surface area contributed by atoms with E-state index in [1.165, 1.54) is 17.7 Å². The SMILES string of the molecule is c1ccc(N2CC(CN(CCCCNCc3ccccn3)C3CCCc4cccnc43)N=N2)cc1. The van der Waals surface area contributed by atoms with Crippen molar-refractivity contribution in [2.24, 2.45) is 10.3 Å². The maximum Gasteiger partial charge on any atom is 0.105 e. The zero-order valence-corrected chi connectivity index (χ0v) is 20.3. The van der Waals surface area contributed by atoms with Crippen molar-refractivity contribution in [2.75, 3.05) is 31.2 Å². The summed E-state index contributed by atoms with van der Waals surface area (Å²) in [5.41, 5.74) is 4.87. The average molecular weight is 470 g/mol. The van der Waals surface area contributed by atoms with Crippen LogP contribution in [0.4, 0.5) is 5.69 Å². The molecule has 0 radical (unpaired) electrons. The van der Waals surface area contributed by atoms with Crippen LogP contribution in [0.1, 0.15) is 48.7 Å². The summed E-state index contributed by atoms with van der Waals surface area (Å²) < 4.78 is 0. The van der Waals surface area contributed by atoms with Gasteiger partial charge in [-0.3, -0.25) is 14.9 Å². The second-order valence-corrected chi connectivity index (χ2v) is 9.43. The fourth-order valence-corrected chi connectivity index (χ4v) is 5.13. The number of hydrogen-bond acceptors (Lipinski definition) is 7. The number of hydrogen-bond donors (Lipinski definition) is 1. The fraction of sp³-hybridized carbons (Fsp3) is 0.429. The molecular weight excluding hydrogens is 434 g/mol. The Morgan fingerprint density at radius 1 is 0.943 bits per heavy atom. The first-order chi connectivity index (χ1) is 17.4. The van der Waals surface area contributed by atoms with E-state index in [0.29, 0.717) is 6.04 Å². The molecule has 182 valence electrons. The van der Waals surface area contributed by atoms with E-state index in [-0.39, 0.29) is 6.04 Å². The lowest BCUT2D eigenvalue weighted by molar-refractivity contribution is 0.163. The molecule has 3 heterocycles. The van der Waals surface area contributed by atoms with E-state index < -0.39 is 0 Å². The van der Waals surface area contributed by atoms with Gasteiger partial charge in [-0.1, -0.05) is 35.6 Å². The number of fused-ring (bicyclic) bond motifs is 1. The van der Waals surface area contributed by atoms with Crippen LogP contribution < -0.4 is 10.3 Å². The number of benzene rings is 1. The number of anilines is 1. The van der Waals surface area contributed by atoms with Crippen molar-refractivity contribution < 1.29 is 0 Å². The number of para-hydroxylation sites is 1. The molecule has 0 saturated heterocycles. The van der Waals surface area contributed by atoms with Crippen LogP contribution in [-0.2, 0) is 13.0 Å². The summed E-state index contributed by atoms with van der Waals surface area (Å²) >= 11 is 0. The molecule has 1 N–H and O–H groups in total. The van der Waals surface area contributed by atoms with E-state index in [0.717, 1.165) is 69.8 Å². The third-order valence-electron chi connectivity index (χ3n) is 6.89. The van der Waals surface area contributed by atoms with Gasteiger partial charge in [-0.25, -0.2) is 5.01 Å². The van der Waals surface area contributed by atoms with Crippen LogP contribution in [0.2, 0.25) is 0 Å². The minimum Gasteiger partial charge on any atom is -0.311 e. The summed E-state index contributed by atoms with van der Waals surface area (Å²) in [6.45, 7) is 4.60. The van der Waals surface area contributed by atoms with Crippen molar-refractivity contribution in [3.8, 4) is 0 Å². The van der Waals surface area contributed by atoms with E-state index in [4.69, 9.17) is 4.98 Å². The third-order valence-corrected chi connectivity index (χ3v) is 6.89. The number of unbranched alkanes of at least 4 members (excludes halogenated alkanes) is 1. The van der Waals surface area contributed by atoms with Crippen molar-refractivity contribution in [1.29, 1.82) is 0 Å². The lowest BCUT2D eigenvalue weighted by Crippen LogP contribution is -2.39. The Labute approximate surface area is 208 Å². The predicted molar refractivity (Wildman–Crippen MR) is 139 cm³/mol. The number of pyridine rings is 2. The zero-order valence-electron chi connectivity index (χ0n) is 20.3. The monoisotopic (exact) mass is 469 g/mol. The summed E-state index contributed by atoms with van der Waals surface area (Å²) in [5, 5.41) is 14.7. The molecule has 35 heavy (non-hydrogen) atoms. The van der Waals surface area contributed by atoms with Crippen LogP contribution in [0.5, 0.6) is 0 Å². The van der Waals surface area contributed by atoms with Crippen LogP contribution in [0.15, 0.2) is 83.4 Å². The maximum atomic E-state index is 4.82. The Kier molecular flexibility index (Phi) is 8.08. The van der Waals surface area contributed by atoms with Crippen molar-refractivity contribution in [3.05, 3.63) is 90.0 Å². The minimum absolute atomic E-state index is 0.173. The highest BCUT2D eigenvalue weighted by molar-refractivity contribution is 5.45. The maximum absolute atomic E-state index is 4.82. The summed E-state index contributed by atoms with van der Waals surface area (Å²) in [7, 11) is 0. The van der Waals surface area contributed by atoms with E-state index in [9.17, 15) is 0 Å². The molecule has 5 rings (SSSR count). The number of nitrogens with zero attached hydrogens (tertiary/aromatic N) is 6. The normalized spacial score (nSPS) is 19.3. The van der Waals surface area contributed by atoms with Gasteiger partial charge in [0.15, 0.2) is 0 Å². The lowest BCUT2D eigenvalue weighted by atomic mass is 9.90. The van der Waals surface area contributed by atoms with E-state index >= 15 is 0 Å². The first-order valence-corrected chi connectivity index (χ1v) is 12.9. The predicted octanol–water partition coefficient (Wildman–Crippen LogP) is 4.98. The fourth-order valence-electron chi connectivity index (χ4n) is 5.13. The molecular formula is C28H35N7. The van der Waals surface area contributed by atoms with Crippen LogP contribution in [0.3, 0.4) is 0 Å². The number of aryl methyl sites for hydroxylation is 1. The molecule has 1 aliphatic heterocycles. The van der Waals surface area contributed by atoms with Crippen LogP contribution >= 0.6 is 0 Å². The average Bonchev–Trinajstić information content (AvgIpc) is 3.39. The number of nitrogens with one attached hydrogen (secondary N) is 1. The van der Waals surface area contributed by atoms with E-state index in [2.05, 4.69) is 68.0 Å². The highest BCUT2D eigenvalue weighted by atomic mass is 15.6. The molecule has 2 aromatic heterocycles. The van der Waals surface area contributed by atoms with Gasteiger partial charge in [0.25, 0.3) is 0 Å². The van der Waals surface area contributed by atoms with E-state index in [1.807, 2.05) is 35.6 Å². The first kappa shape index (κ1) is 23.6. The van der Waals surface area contributed by atoms with Gasteiger partial charge in [0, 0.05) is 25.5 Å². The minimum atomic E-state index is 0.173. The van der Waals surface area contributed by atoms with Crippen molar-refractivity contribution >= 4 is 5.69 Å². The van der Waals surface area contributed by atoms with Gasteiger partial charge < -0.3 is 5.32 Å². The molecule has 0 spiro atoms. The van der Waals surface area contributed by atoms with E-state index in [1.54, 1.807) is 0 Å². The molecule has 7 heteroatoms. The molecule has 0 bridgehead atoms. The van der Waals surface area contributed by atoms with Gasteiger partial charge in [-0.15, -0.1) is 0 Å². The van der Waals surface area contributed by atoms with Gasteiger partial charge >= 0.3 is 0 Å². The van der Waals surface area contributed by atoms with Crippen molar-refractivity contribution in [2.45, 2.75) is 50.7 Å². The second-order valence-electron chi connectivity index (χ2n) is 9.43. The van der Waals surface area contributed by atoms with Crippen molar-refractivity contribution in [3.63, 3.8) is 0 Å². The van der Waals surface area contributed by atoms with Crippen molar-refractivity contribution in [1.82, 2.24) is 20.2 Å². The quantitative estimate of drug-likeness (QED) is 0.401. The molecule has 0 amide bonds. The topological polar surface area (TPSA) is 69.0 Å². The lowest BCUT2D eigenvalue weighted by Gasteiger charge is -2.36. The molecule has 0 fully saturated rings. The highest BCUT2D eigenvalue weighted by Crippen LogP contribution is 2.33. The van der Waals surface area contributed by atoms with Crippen LogP contribution in [0, 0.1) is 0 Å². The summed E-state index contributed by atoms with van der Waals surface area (Å²) in [5.74, 6) is 0. The largest absolute Gasteiger partial charge is 0.311 e. The Bertz CT molecular complexity index is 1070. The molecule has 1 aromatic carbocycles. The molecule has 2 atom stereocenters. The molecule has 7 nitrogen and oxygen atoms in total. The molecule has 3 aromatic rings. The zero-order chi connectivity index (χ0) is 23.7. The Morgan fingerprint density at radius 3 is 2.71 bits per heavy atom. The third kappa shape index (κ3) is 6.29. The summed E-state index contributed by atoms with van der Waals surface area (Å²) in [6.07, 6.45) is 9.58. The van der Waals surface area contributed by atoms with Gasteiger partial charge in [0.05, 0.1) is 29.7 Å².